The topological polar surface area (TPSA) is 113 Å². The van der Waals surface area contributed by atoms with Crippen molar-refractivity contribution >= 4 is 5.91 Å². The molecule has 1 saturated heterocycles. The summed E-state index contributed by atoms with van der Waals surface area (Å²) in [5, 5.41) is 15.1. The molecule has 12 heteroatoms. The summed E-state index contributed by atoms with van der Waals surface area (Å²) in [4.78, 5) is 19.5. The van der Waals surface area contributed by atoms with E-state index in [0.717, 1.165) is 24.1 Å². The number of aromatic nitrogens is 6. The zero-order chi connectivity index (χ0) is 17.3. The SMILES string of the molecule is Cc1nc(C(=O)N[C@H]2CCCNC2)nn1-c1n[nH]c(C(F)(F)F)n1. The lowest BCUT2D eigenvalue weighted by Gasteiger charge is -2.23. The number of aromatic amines is 1. The molecule has 0 aliphatic carbocycles. The molecule has 1 aliphatic rings. The molecule has 2 aromatic heterocycles. The molecule has 0 saturated carbocycles. The van der Waals surface area contributed by atoms with Crippen LogP contribution in [0, 0.1) is 6.92 Å². The molecule has 3 heterocycles. The Labute approximate surface area is 134 Å². The Kier molecular flexibility index (Phi) is 4.22. The summed E-state index contributed by atoms with van der Waals surface area (Å²) in [7, 11) is 0. The summed E-state index contributed by atoms with van der Waals surface area (Å²) in [6.45, 7) is 3.06. The van der Waals surface area contributed by atoms with E-state index in [2.05, 4.69) is 30.8 Å². The van der Waals surface area contributed by atoms with Crippen LogP contribution in [-0.4, -0.2) is 55.0 Å². The van der Waals surface area contributed by atoms with Crippen LogP contribution in [0.4, 0.5) is 13.2 Å². The Morgan fingerprint density at radius 2 is 2.17 bits per heavy atom. The third-order valence-electron chi connectivity index (χ3n) is 3.54. The van der Waals surface area contributed by atoms with Gasteiger partial charge in [0.1, 0.15) is 5.82 Å². The average molecular weight is 344 g/mol. The molecule has 1 amide bonds. The fraction of sp³-hybridized carbons (Fsp3) is 0.583. The lowest BCUT2D eigenvalue weighted by molar-refractivity contribution is -0.144. The molecule has 24 heavy (non-hydrogen) atoms. The number of carbonyl (C=O) groups excluding carboxylic acids is 1. The number of alkyl halides is 3. The van der Waals surface area contributed by atoms with Crippen LogP contribution in [0.3, 0.4) is 0 Å². The fourth-order valence-corrected chi connectivity index (χ4v) is 2.38. The van der Waals surface area contributed by atoms with E-state index in [4.69, 9.17) is 0 Å². The Morgan fingerprint density at radius 1 is 1.38 bits per heavy atom. The van der Waals surface area contributed by atoms with Gasteiger partial charge in [0.15, 0.2) is 0 Å². The predicted molar refractivity (Wildman–Crippen MR) is 74.4 cm³/mol. The summed E-state index contributed by atoms with van der Waals surface area (Å²) < 4.78 is 38.7. The van der Waals surface area contributed by atoms with Gasteiger partial charge < -0.3 is 10.6 Å². The van der Waals surface area contributed by atoms with E-state index in [1.807, 2.05) is 0 Å². The van der Waals surface area contributed by atoms with Gasteiger partial charge in [-0.05, 0) is 26.3 Å². The van der Waals surface area contributed by atoms with Gasteiger partial charge in [-0.1, -0.05) is 0 Å². The number of H-pyrrole nitrogens is 1. The molecule has 3 rings (SSSR count). The first-order valence-electron chi connectivity index (χ1n) is 7.30. The number of rotatable bonds is 3. The van der Waals surface area contributed by atoms with E-state index in [-0.39, 0.29) is 23.6 Å². The van der Waals surface area contributed by atoms with Crippen LogP contribution in [0.2, 0.25) is 0 Å². The predicted octanol–water partition coefficient (Wildman–Crippen LogP) is 0.194. The number of nitrogens with zero attached hydrogens (tertiary/aromatic N) is 5. The molecule has 1 aliphatic heterocycles. The number of hydrogen-bond acceptors (Lipinski definition) is 6. The van der Waals surface area contributed by atoms with Gasteiger partial charge in [-0.25, -0.2) is 4.98 Å². The second-order valence-corrected chi connectivity index (χ2v) is 5.39. The van der Waals surface area contributed by atoms with Crippen molar-refractivity contribution in [3.63, 3.8) is 0 Å². The minimum absolute atomic E-state index is 0.0288. The molecule has 0 unspecified atom stereocenters. The van der Waals surface area contributed by atoms with Gasteiger partial charge in [0.25, 0.3) is 11.9 Å². The van der Waals surface area contributed by atoms with Crippen molar-refractivity contribution in [3.8, 4) is 5.95 Å². The maximum atomic E-state index is 12.6. The lowest BCUT2D eigenvalue weighted by Crippen LogP contribution is -2.45. The number of aryl methyl sites for hydroxylation is 1. The summed E-state index contributed by atoms with van der Waals surface area (Å²) in [6.07, 6.45) is -2.86. The Morgan fingerprint density at radius 3 is 2.79 bits per heavy atom. The summed E-state index contributed by atoms with van der Waals surface area (Å²) in [6, 6.07) is -0.0288. The van der Waals surface area contributed by atoms with Crippen LogP contribution in [0.5, 0.6) is 0 Å². The molecule has 1 atom stereocenters. The normalized spacial score (nSPS) is 18.6. The fourth-order valence-electron chi connectivity index (χ4n) is 2.38. The van der Waals surface area contributed by atoms with Gasteiger partial charge in [0.2, 0.25) is 11.6 Å². The summed E-state index contributed by atoms with van der Waals surface area (Å²) in [5.74, 6) is -2.00. The van der Waals surface area contributed by atoms with Crippen molar-refractivity contribution in [2.24, 2.45) is 0 Å². The number of carbonyl (C=O) groups is 1. The van der Waals surface area contributed by atoms with E-state index in [1.54, 1.807) is 5.10 Å². The minimum Gasteiger partial charge on any atom is -0.345 e. The molecule has 0 radical (unpaired) electrons. The zero-order valence-electron chi connectivity index (χ0n) is 12.7. The lowest BCUT2D eigenvalue weighted by atomic mass is 10.1. The van der Waals surface area contributed by atoms with Gasteiger partial charge in [-0.15, -0.1) is 10.2 Å². The highest BCUT2D eigenvalue weighted by atomic mass is 19.4. The third-order valence-corrected chi connectivity index (χ3v) is 3.54. The van der Waals surface area contributed by atoms with Gasteiger partial charge in [0, 0.05) is 12.6 Å². The van der Waals surface area contributed by atoms with Crippen LogP contribution in [0.25, 0.3) is 5.95 Å². The largest absolute Gasteiger partial charge is 0.451 e. The van der Waals surface area contributed by atoms with Crippen molar-refractivity contribution in [1.82, 2.24) is 40.6 Å². The number of amides is 1. The second kappa shape index (κ2) is 6.19. The van der Waals surface area contributed by atoms with Crippen molar-refractivity contribution in [2.45, 2.75) is 32.0 Å². The van der Waals surface area contributed by atoms with Gasteiger partial charge in [0.05, 0.1) is 0 Å². The van der Waals surface area contributed by atoms with Crippen LogP contribution in [0.1, 0.15) is 35.1 Å². The molecule has 130 valence electrons. The van der Waals surface area contributed by atoms with E-state index >= 15 is 0 Å². The Balaban J connectivity index is 1.77. The highest BCUT2D eigenvalue weighted by Gasteiger charge is 2.35. The van der Waals surface area contributed by atoms with Crippen LogP contribution < -0.4 is 10.6 Å². The van der Waals surface area contributed by atoms with Crippen LogP contribution in [-0.2, 0) is 6.18 Å². The Bertz CT molecular complexity index is 731. The highest BCUT2D eigenvalue weighted by Crippen LogP contribution is 2.26. The minimum atomic E-state index is -4.64. The molecule has 1 fully saturated rings. The van der Waals surface area contributed by atoms with Gasteiger partial charge >= 0.3 is 6.18 Å². The maximum Gasteiger partial charge on any atom is 0.451 e. The second-order valence-electron chi connectivity index (χ2n) is 5.39. The monoisotopic (exact) mass is 344 g/mol. The van der Waals surface area contributed by atoms with Gasteiger partial charge in [-0.2, -0.15) is 22.8 Å². The van der Waals surface area contributed by atoms with Crippen molar-refractivity contribution in [3.05, 3.63) is 17.5 Å². The molecule has 0 bridgehead atoms. The molecule has 0 spiro atoms. The molecular formula is C12H15F3N8O. The first-order chi connectivity index (χ1) is 11.3. The van der Waals surface area contributed by atoms with E-state index in [1.165, 1.54) is 6.92 Å². The van der Waals surface area contributed by atoms with E-state index < -0.39 is 17.9 Å². The van der Waals surface area contributed by atoms with Crippen LogP contribution >= 0.6 is 0 Å². The van der Waals surface area contributed by atoms with Crippen LogP contribution in [0.15, 0.2) is 0 Å². The first kappa shape index (κ1) is 16.4. The van der Waals surface area contributed by atoms with Crippen molar-refractivity contribution < 1.29 is 18.0 Å². The number of nitrogens with one attached hydrogen (secondary N) is 3. The average Bonchev–Trinajstić information content (AvgIpc) is 3.14. The number of halogens is 3. The molecule has 0 aromatic carbocycles. The zero-order valence-corrected chi connectivity index (χ0v) is 12.7. The van der Waals surface area contributed by atoms with Gasteiger partial charge in [-0.3, -0.25) is 9.89 Å². The number of hydrogen-bond donors (Lipinski definition) is 3. The van der Waals surface area contributed by atoms with Crippen molar-refractivity contribution in [1.29, 1.82) is 0 Å². The first-order valence-corrected chi connectivity index (χ1v) is 7.30. The third kappa shape index (κ3) is 3.37. The Hall–Kier alpha value is -2.50. The molecule has 2 aromatic rings. The smallest absolute Gasteiger partial charge is 0.345 e. The summed E-state index contributed by atoms with van der Waals surface area (Å²) in [5.41, 5.74) is 0. The highest BCUT2D eigenvalue weighted by molar-refractivity contribution is 5.90. The van der Waals surface area contributed by atoms with E-state index in [9.17, 15) is 18.0 Å². The molecule has 9 nitrogen and oxygen atoms in total. The van der Waals surface area contributed by atoms with E-state index in [0.29, 0.717) is 6.54 Å². The van der Waals surface area contributed by atoms with Crippen molar-refractivity contribution in [2.75, 3.05) is 13.1 Å². The summed E-state index contributed by atoms with van der Waals surface area (Å²) >= 11 is 0. The standard InChI is InChI=1S/C12H15F3N8O/c1-6-17-8(9(24)18-7-3-2-4-16-5-7)22-23(6)11-19-10(20-21-11)12(13,14)15/h7,16H,2-5H2,1H3,(H,18,24)(H,19,20,21)/t7-/m0/s1. The molecule has 3 N–H and O–H groups in total. The quantitative estimate of drug-likeness (QED) is 0.733. The maximum absolute atomic E-state index is 12.6. The molecular weight excluding hydrogens is 329 g/mol. The number of piperidine rings is 1.